The first-order valence-corrected chi connectivity index (χ1v) is 11.7. The highest BCUT2D eigenvalue weighted by atomic mass is 16.5. The van der Waals surface area contributed by atoms with Crippen molar-refractivity contribution in [3.63, 3.8) is 0 Å². The van der Waals surface area contributed by atoms with Crippen LogP contribution in [0, 0.1) is 5.92 Å². The molecule has 178 valence electrons. The molecule has 1 fully saturated rings. The van der Waals surface area contributed by atoms with E-state index in [9.17, 15) is 9.59 Å². The van der Waals surface area contributed by atoms with Crippen molar-refractivity contribution in [2.45, 2.75) is 39.5 Å². The summed E-state index contributed by atoms with van der Waals surface area (Å²) < 4.78 is 5.33. The molecule has 2 atom stereocenters. The predicted octanol–water partition coefficient (Wildman–Crippen LogP) is 3.71. The Labute approximate surface area is 197 Å². The zero-order valence-electron chi connectivity index (χ0n) is 19.9. The summed E-state index contributed by atoms with van der Waals surface area (Å²) in [5.74, 6) is -0.277. The van der Waals surface area contributed by atoms with Crippen LogP contribution in [0.1, 0.15) is 31.4 Å². The molecule has 3 rings (SSSR count). The van der Waals surface area contributed by atoms with Crippen molar-refractivity contribution >= 4 is 17.7 Å². The molecule has 0 spiro atoms. The standard InChI is InChI=1S/C26H36N4O3/c1-4-20(2)24(28-26(32)33-19-21-9-6-5-7-10-21)25(31)27-23-12-8-11-22(17-23)18-30-15-13-29(3)14-16-30/h5-12,17,20,24H,4,13-16,18-19H2,1-3H3,(H,27,31)(H,28,32)/t20-,24-/m0/s1. The van der Waals surface area contributed by atoms with Crippen LogP contribution in [-0.2, 0) is 22.7 Å². The Bertz CT molecular complexity index is 897. The third-order valence-electron chi connectivity index (χ3n) is 6.18. The number of hydrogen-bond donors (Lipinski definition) is 2. The van der Waals surface area contributed by atoms with E-state index < -0.39 is 12.1 Å². The third-order valence-corrected chi connectivity index (χ3v) is 6.18. The fourth-order valence-electron chi connectivity index (χ4n) is 3.83. The first kappa shape index (κ1) is 24.7. The summed E-state index contributed by atoms with van der Waals surface area (Å²) >= 11 is 0. The maximum absolute atomic E-state index is 13.1. The average molecular weight is 453 g/mol. The van der Waals surface area contributed by atoms with E-state index in [0.717, 1.165) is 56.0 Å². The molecular formula is C26H36N4O3. The summed E-state index contributed by atoms with van der Waals surface area (Å²) in [6.45, 7) is 9.19. The molecule has 7 heteroatoms. The summed E-state index contributed by atoms with van der Waals surface area (Å²) in [4.78, 5) is 30.2. The normalized spacial score (nSPS) is 16.6. The molecule has 0 aliphatic carbocycles. The number of rotatable bonds is 9. The van der Waals surface area contributed by atoms with Gasteiger partial charge in [0.15, 0.2) is 0 Å². The van der Waals surface area contributed by atoms with E-state index in [-0.39, 0.29) is 18.4 Å². The second kappa shape index (κ2) is 12.4. The molecule has 1 aliphatic heterocycles. The lowest BCUT2D eigenvalue weighted by Crippen LogP contribution is -2.47. The number of piperazine rings is 1. The number of likely N-dealkylation sites (N-methyl/N-ethyl adjacent to an activating group) is 1. The van der Waals surface area contributed by atoms with Crippen LogP contribution in [0.25, 0.3) is 0 Å². The number of hydrogen-bond acceptors (Lipinski definition) is 5. The maximum Gasteiger partial charge on any atom is 0.408 e. The Morgan fingerprint density at radius 1 is 1.00 bits per heavy atom. The summed E-state index contributed by atoms with van der Waals surface area (Å²) in [7, 11) is 2.15. The molecule has 0 bridgehead atoms. The fraction of sp³-hybridized carbons (Fsp3) is 0.462. The van der Waals surface area contributed by atoms with Gasteiger partial charge in [-0.25, -0.2) is 4.79 Å². The predicted molar refractivity (Wildman–Crippen MR) is 131 cm³/mol. The largest absolute Gasteiger partial charge is 0.445 e. The van der Waals surface area contributed by atoms with Gasteiger partial charge in [-0.3, -0.25) is 9.69 Å². The van der Waals surface area contributed by atoms with Gasteiger partial charge in [-0.15, -0.1) is 0 Å². The minimum atomic E-state index is -0.681. The molecule has 2 N–H and O–H groups in total. The number of anilines is 1. The zero-order valence-corrected chi connectivity index (χ0v) is 19.9. The second-order valence-corrected chi connectivity index (χ2v) is 8.84. The highest BCUT2D eigenvalue weighted by Crippen LogP contribution is 2.16. The van der Waals surface area contributed by atoms with Crippen molar-refractivity contribution in [2.75, 3.05) is 38.5 Å². The molecule has 0 aromatic heterocycles. The van der Waals surface area contributed by atoms with Gasteiger partial charge < -0.3 is 20.3 Å². The number of carbonyl (C=O) groups excluding carboxylic acids is 2. The summed E-state index contributed by atoms with van der Waals surface area (Å²) in [6, 6.07) is 16.7. The second-order valence-electron chi connectivity index (χ2n) is 8.84. The number of alkyl carbamates (subject to hydrolysis) is 1. The SMILES string of the molecule is CC[C@H](C)[C@H](NC(=O)OCc1ccccc1)C(=O)Nc1cccc(CN2CCN(C)CC2)c1. The van der Waals surface area contributed by atoms with Gasteiger partial charge in [-0.05, 0) is 36.2 Å². The van der Waals surface area contributed by atoms with Crippen LogP contribution in [0.4, 0.5) is 10.5 Å². The summed E-state index contributed by atoms with van der Waals surface area (Å²) in [5, 5.41) is 5.74. The van der Waals surface area contributed by atoms with Crippen molar-refractivity contribution in [3.05, 3.63) is 65.7 Å². The molecule has 1 saturated heterocycles. The number of benzene rings is 2. The van der Waals surface area contributed by atoms with E-state index in [4.69, 9.17) is 4.74 Å². The molecule has 0 saturated carbocycles. The molecule has 2 aromatic carbocycles. The van der Waals surface area contributed by atoms with Gasteiger partial charge in [0.05, 0.1) is 0 Å². The number of nitrogens with one attached hydrogen (secondary N) is 2. The van der Waals surface area contributed by atoms with Crippen LogP contribution in [0.5, 0.6) is 0 Å². The van der Waals surface area contributed by atoms with E-state index in [0.29, 0.717) is 0 Å². The van der Waals surface area contributed by atoms with E-state index in [2.05, 4.69) is 33.5 Å². The Kier molecular flexibility index (Phi) is 9.27. The van der Waals surface area contributed by atoms with Gasteiger partial charge in [0.1, 0.15) is 12.6 Å². The number of ether oxygens (including phenoxy) is 1. The summed E-state index contributed by atoms with van der Waals surface area (Å²) in [6.07, 6.45) is 0.156. The number of carbonyl (C=O) groups is 2. The van der Waals surface area contributed by atoms with Crippen LogP contribution in [-0.4, -0.2) is 61.1 Å². The summed E-state index contributed by atoms with van der Waals surface area (Å²) in [5.41, 5.74) is 2.79. The van der Waals surface area contributed by atoms with Crippen LogP contribution in [0.15, 0.2) is 54.6 Å². The number of nitrogens with zero attached hydrogens (tertiary/aromatic N) is 2. The molecule has 0 radical (unpaired) electrons. The van der Waals surface area contributed by atoms with Crippen molar-refractivity contribution in [3.8, 4) is 0 Å². The van der Waals surface area contributed by atoms with Crippen LogP contribution < -0.4 is 10.6 Å². The minimum Gasteiger partial charge on any atom is -0.445 e. The Balaban J connectivity index is 1.57. The monoisotopic (exact) mass is 452 g/mol. The molecule has 1 aliphatic rings. The van der Waals surface area contributed by atoms with E-state index >= 15 is 0 Å². The first-order chi connectivity index (χ1) is 15.9. The smallest absolute Gasteiger partial charge is 0.408 e. The van der Waals surface area contributed by atoms with Gasteiger partial charge in [0.25, 0.3) is 0 Å². The first-order valence-electron chi connectivity index (χ1n) is 11.7. The van der Waals surface area contributed by atoms with Gasteiger partial charge in [-0.1, -0.05) is 62.7 Å². The lowest BCUT2D eigenvalue weighted by Gasteiger charge is -2.32. The van der Waals surface area contributed by atoms with Crippen LogP contribution in [0.3, 0.4) is 0 Å². The molecule has 2 aromatic rings. The quantitative estimate of drug-likeness (QED) is 0.607. The maximum atomic E-state index is 13.1. The Morgan fingerprint density at radius 2 is 1.70 bits per heavy atom. The molecule has 0 unspecified atom stereocenters. The van der Waals surface area contributed by atoms with E-state index in [1.54, 1.807) is 0 Å². The van der Waals surface area contributed by atoms with E-state index in [1.807, 2.05) is 62.4 Å². The van der Waals surface area contributed by atoms with Crippen LogP contribution >= 0.6 is 0 Å². The van der Waals surface area contributed by atoms with Gasteiger partial charge in [0.2, 0.25) is 5.91 Å². The van der Waals surface area contributed by atoms with Gasteiger partial charge in [-0.2, -0.15) is 0 Å². The van der Waals surface area contributed by atoms with Crippen molar-refractivity contribution in [1.82, 2.24) is 15.1 Å². The third kappa shape index (κ3) is 7.87. The van der Waals surface area contributed by atoms with E-state index in [1.165, 1.54) is 0 Å². The van der Waals surface area contributed by atoms with Gasteiger partial charge in [0, 0.05) is 38.4 Å². The molecule has 1 heterocycles. The average Bonchev–Trinajstić information content (AvgIpc) is 2.83. The minimum absolute atomic E-state index is 0.0391. The van der Waals surface area contributed by atoms with Crippen molar-refractivity contribution < 1.29 is 14.3 Å². The Morgan fingerprint density at radius 3 is 2.39 bits per heavy atom. The van der Waals surface area contributed by atoms with Crippen molar-refractivity contribution in [1.29, 1.82) is 0 Å². The van der Waals surface area contributed by atoms with Crippen LogP contribution in [0.2, 0.25) is 0 Å². The number of amides is 2. The molecule has 33 heavy (non-hydrogen) atoms. The van der Waals surface area contributed by atoms with Crippen molar-refractivity contribution in [2.24, 2.45) is 5.92 Å². The lowest BCUT2D eigenvalue weighted by atomic mass is 9.98. The molecule has 2 amide bonds. The van der Waals surface area contributed by atoms with Gasteiger partial charge >= 0.3 is 6.09 Å². The molecular weight excluding hydrogens is 416 g/mol. The lowest BCUT2D eigenvalue weighted by molar-refractivity contribution is -0.119. The topological polar surface area (TPSA) is 73.9 Å². The highest BCUT2D eigenvalue weighted by Gasteiger charge is 2.27. The zero-order chi connectivity index (χ0) is 23.6. The molecule has 7 nitrogen and oxygen atoms in total. The fourth-order valence-corrected chi connectivity index (χ4v) is 3.83. The Hall–Kier alpha value is -2.90. The highest BCUT2D eigenvalue weighted by molar-refractivity contribution is 5.96.